The molecule has 2 aliphatic rings. The van der Waals surface area contributed by atoms with Crippen LogP contribution in [0, 0.1) is 0 Å². The number of halogens is 3. The zero-order chi connectivity index (χ0) is 33.0. The summed E-state index contributed by atoms with van der Waals surface area (Å²) in [6.45, 7) is -0.485. The second-order valence-corrected chi connectivity index (χ2v) is 18.3. The van der Waals surface area contributed by atoms with Crippen molar-refractivity contribution in [1.29, 1.82) is 0 Å². The highest BCUT2D eigenvalue weighted by Gasteiger charge is 2.56. The fourth-order valence-corrected chi connectivity index (χ4v) is 12.1. The Hall–Kier alpha value is -3.32. The van der Waals surface area contributed by atoms with Crippen LogP contribution in [0.5, 0.6) is 0 Å². The van der Waals surface area contributed by atoms with Gasteiger partial charge in [0.15, 0.2) is 0 Å². The van der Waals surface area contributed by atoms with Crippen LogP contribution < -0.4 is 21.2 Å². The Labute approximate surface area is 293 Å². The topological polar surface area (TPSA) is 75.7 Å². The Morgan fingerprint density at radius 3 is 1.79 bits per heavy atom. The lowest BCUT2D eigenvalue weighted by Gasteiger charge is -2.50. The van der Waals surface area contributed by atoms with Gasteiger partial charge >= 0.3 is 5.97 Å². The van der Waals surface area contributed by atoms with Crippen molar-refractivity contribution in [3.05, 3.63) is 138 Å². The summed E-state index contributed by atoms with van der Waals surface area (Å²) in [6.07, 6.45) is 0.608. The van der Waals surface area contributed by atoms with Crippen molar-refractivity contribution in [3.63, 3.8) is 0 Å². The van der Waals surface area contributed by atoms with Gasteiger partial charge in [0.1, 0.15) is 46.9 Å². The van der Waals surface area contributed by atoms with Crippen LogP contribution in [0.3, 0.4) is 0 Å². The number of hydrogen-bond donors (Lipinski definition) is 1. The zero-order valence-electron chi connectivity index (χ0n) is 25.1. The fourth-order valence-electron chi connectivity index (χ4n) is 6.07. The summed E-state index contributed by atoms with van der Waals surface area (Å²) < 4.78 is 3.70. The van der Waals surface area contributed by atoms with Gasteiger partial charge in [0.25, 0.3) is 5.91 Å². The van der Waals surface area contributed by atoms with Crippen LogP contribution in [-0.2, 0) is 25.5 Å². The number of nitrogens with zero attached hydrogens (tertiary/aromatic N) is 1. The highest BCUT2D eigenvalue weighted by Crippen LogP contribution is 2.58. The summed E-state index contributed by atoms with van der Waals surface area (Å²) in [6, 6.07) is 39.4. The molecule has 1 fully saturated rings. The molecule has 47 heavy (non-hydrogen) atoms. The number of benzene rings is 4. The van der Waals surface area contributed by atoms with Crippen molar-refractivity contribution in [2.45, 2.75) is 21.6 Å². The van der Waals surface area contributed by atoms with Crippen molar-refractivity contribution in [1.82, 2.24) is 10.2 Å². The molecule has 240 valence electrons. The number of alkyl halides is 3. The van der Waals surface area contributed by atoms with Gasteiger partial charge in [-0.3, -0.25) is 14.5 Å². The van der Waals surface area contributed by atoms with Gasteiger partial charge in [0.2, 0.25) is 9.70 Å². The van der Waals surface area contributed by atoms with Gasteiger partial charge in [-0.25, -0.2) is 4.79 Å². The molecule has 0 saturated carbocycles. The molecule has 6 nitrogen and oxygen atoms in total. The molecule has 2 aliphatic heterocycles. The van der Waals surface area contributed by atoms with Gasteiger partial charge in [-0.2, -0.15) is 0 Å². The molecule has 0 unspecified atom stereocenters. The highest BCUT2D eigenvalue weighted by atomic mass is 35.6. The Morgan fingerprint density at radius 2 is 1.30 bits per heavy atom. The van der Waals surface area contributed by atoms with Gasteiger partial charge in [-0.05, 0) is 42.0 Å². The standard InChI is InChI=1S/C36H30Cl3N2O4PS/c37-36(38,39)24-45-35(44)32-26(23-47-34-31(33(43)41(32)34)40-30(42)21-25-13-5-1-6-14-25)22-46(27-15-7-2-8-16-27,28-17-9-3-10-18-28)29-19-11-4-12-20-29/h1-20,31,34H,21-24H2/p+1/t31-,34+/m1/s1. The van der Waals surface area contributed by atoms with Gasteiger partial charge in [-0.15, -0.1) is 11.8 Å². The number of nitrogens with one attached hydrogen (secondary N) is 1. The van der Waals surface area contributed by atoms with Crippen molar-refractivity contribution in [3.8, 4) is 0 Å². The minimum Gasteiger partial charge on any atom is -0.456 e. The summed E-state index contributed by atoms with van der Waals surface area (Å²) in [4.78, 5) is 42.1. The lowest BCUT2D eigenvalue weighted by molar-refractivity contribution is -0.152. The van der Waals surface area contributed by atoms with Gasteiger partial charge in [0, 0.05) is 11.3 Å². The van der Waals surface area contributed by atoms with E-state index < -0.39 is 35.0 Å². The zero-order valence-corrected chi connectivity index (χ0v) is 29.1. The van der Waals surface area contributed by atoms with E-state index >= 15 is 0 Å². The fraction of sp³-hybridized carbons (Fsp3) is 0.194. The highest BCUT2D eigenvalue weighted by molar-refractivity contribution is 8.00. The molecule has 0 spiro atoms. The van der Waals surface area contributed by atoms with Crippen LogP contribution >= 0.6 is 53.8 Å². The Balaban J connectivity index is 1.41. The van der Waals surface area contributed by atoms with E-state index in [1.807, 2.05) is 84.9 Å². The lowest BCUT2D eigenvalue weighted by atomic mass is 10.0. The van der Waals surface area contributed by atoms with Crippen LogP contribution in [0.2, 0.25) is 0 Å². The average Bonchev–Trinajstić information content (AvgIpc) is 3.09. The monoisotopic (exact) mass is 723 g/mol. The number of fused-ring (bicyclic) bond motifs is 1. The summed E-state index contributed by atoms with van der Waals surface area (Å²) in [5.74, 6) is -0.963. The summed E-state index contributed by atoms with van der Waals surface area (Å²) in [7, 11) is -2.43. The molecule has 0 bridgehead atoms. The maximum absolute atomic E-state index is 13.9. The number of hydrogen-bond acceptors (Lipinski definition) is 5. The van der Waals surface area contributed by atoms with Gasteiger partial charge in [0.05, 0.1) is 12.6 Å². The van der Waals surface area contributed by atoms with Crippen LogP contribution in [0.25, 0.3) is 0 Å². The van der Waals surface area contributed by atoms with E-state index in [0.29, 0.717) is 11.9 Å². The molecule has 1 N–H and O–H groups in total. The van der Waals surface area contributed by atoms with E-state index in [2.05, 4.69) is 41.7 Å². The molecular formula is C36H31Cl3N2O4PS+. The number of carbonyl (C=O) groups excluding carboxylic acids is 3. The van der Waals surface area contributed by atoms with Crippen LogP contribution in [0.1, 0.15) is 5.56 Å². The second kappa shape index (κ2) is 14.4. The second-order valence-electron chi connectivity index (χ2n) is 11.2. The molecule has 4 aromatic carbocycles. The predicted octanol–water partition coefficient (Wildman–Crippen LogP) is 5.79. The molecule has 0 aromatic heterocycles. The van der Waals surface area contributed by atoms with Crippen molar-refractivity contribution >= 4 is 87.5 Å². The number of esters is 1. The SMILES string of the molecule is O=C(Cc1ccccc1)N[C@@H]1C(=O)N2C(C(=O)OCC(Cl)(Cl)Cl)=C(C[P+](c3ccccc3)(c3ccccc3)c3ccccc3)CS[C@@H]12. The van der Waals surface area contributed by atoms with E-state index in [1.165, 1.54) is 16.7 Å². The molecule has 0 radical (unpaired) electrons. The molecule has 1 saturated heterocycles. The third-order valence-electron chi connectivity index (χ3n) is 8.15. The first-order chi connectivity index (χ1) is 22.7. The van der Waals surface area contributed by atoms with E-state index in [9.17, 15) is 14.4 Å². The third kappa shape index (κ3) is 7.25. The first kappa shape index (κ1) is 33.6. The number of ether oxygens (including phenoxy) is 1. The van der Waals surface area contributed by atoms with E-state index in [0.717, 1.165) is 27.1 Å². The maximum Gasteiger partial charge on any atom is 0.355 e. The van der Waals surface area contributed by atoms with Gasteiger partial charge < -0.3 is 10.1 Å². The molecule has 6 rings (SSSR count). The summed E-state index contributed by atoms with van der Waals surface area (Å²) >= 11 is 19.4. The molecule has 2 amide bonds. The van der Waals surface area contributed by atoms with E-state index in [1.54, 1.807) is 0 Å². The van der Waals surface area contributed by atoms with Crippen LogP contribution in [0.4, 0.5) is 0 Å². The molecule has 0 aliphatic carbocycles. The largest absolute Gasteiger partial charge is 0.456 e. The summed E-state index contributed by atoms with van der Waals surface area (Å²) in [5.41, 5.74) is 1.74. The number of rotatable bonds is 10. The van der Waals surface area contributed by atoms with E-state index in [-0.39, 0.29) is 23.9 Å². The van der Waals surface area contributed by atoms with E-state index in [4.69, 9.17) is 39.5 Å². The smallest absolute Gasteiger partial charge is 0.355 e. The van der Waals surface area contributed by atoms with Crippen LogP contribution in [0.15, 0.2) is 133 Å². The van der Waals surface area contributed by atoms with Crippen molar-refractivity contribution in [2.24, 2.45) is 0 Å². The molecule has 2 atom stereocenters. The Morgan fingerprint density at radius 1 is 0.809 bits per heavy atom. The number of β-lactam (4-membered cyclic amide) rings is 1. The maximum atomic E-state index is 13.9. The van der Waals surface area contributed by atoms with Gasteiger partial charge in [-0.1, -0.05) is 120 Å². The van der Waals surface area contributed by atoms with Crippen molar-refractivity contribution in [2.75, 3.05) is 18.5 Å². The number of thioether (sulfide) groups is 1. The first-order valence-electron chi connectivity index (χ1n) is 15.0. The minimum atomic E-state index is -2.43. The van der Waals surface area contributed by atoms with Crippen LogP contribution in [-0.4, -0.2) is 56.4 Å². The van der Waals surface area contributed by atoms with Crippen molar-refractivity contribution < 1.29 is 19.1 Å². The Kier molecular flexibility index (Phi) is 10.3. The molecule has 2 heterocycles. The lowest BCUT2D eigenvalue weighted by Crippen LogP contribution is -2.70. The third-order valence-corrected chi connectivity index (χ3v) is 14.2. The number of amides is 2. The first-order valence-corrected chi connectivity index (χ1v) is 19.1. The molecular weight excluding hydrogens is 694 g/mol. The molecule has 11 heteroatoms. The predicted molar refractivity (Wildman–Crippen MR) is 193 cm³/mol. The number of carbonyl (C=O) groups is 3. The Bertz CT molecular complexity index is 1680. The summed E-state index contributed by atoms with van der Waals surface area (Å²) in [5, 5.41) is 5.80. The average molecular weight is 725 g/mol. The minimum absolute atomic E-state index is 0.138. The normalized spacial score (nSPS) is 17.9. The quantitative estimate of drug-likeness (QED) is 0.0971. The molecule has 4 aromatic rings.